The van der Waals surface area contributed by atoms with Crippen molar-refractivity contribution in [2.24, 2.45) is 4.99 Å². The van der Waals surface area contributed by atoms with Crippen LogP contribution in [0.2, 0.25) is 0 Å². The van der Waals surface area contributed by atoms with Gasteiger partial charge in [-0.3, -0.25) is 9.36 Å². The maximum Gasteiger partial charge on any atom is 0.338 e. The fraction of sp³-hybridized carbons (Fsp3) is 0.355. The van der Waals surface area contributed by atoms with Gasteiger partial charge in [0.1, 0.15) is 12.6 Å². The average Bonchev–Trinajstić information content (AvgIpc) is 3.29. The van der Waals surface area contributed by atoms with Crippen LogP contribution in [0.4, 0.5) is 0 Å². The van der Waals surface area contributed by atoms with Crippen LogP contribution in [0.5, 0.6) is 11.5 Å². The number of carbonyl (C=O) groups is 2. The molecular formula is C31H34N2O8S. The molecule has 1 atom stereocenters. The van der Waals surface area contributed by atoms with Crippen molar-refractivity contribution in [1.29, 1.82) is 0 Å². The summed E-state index contributed by atoms with van der Waals surface area (Å²) in [6.45, 7) is 6.41. The Morgan fingerprint density at radius 1 is 1.00 bits per heavy atom. The molecule has 2 aromatic carbocycles. The second kappa shape index (κ2) is 14.1. The summed E-state index contributed by atoms with van der Waals surface area (Å²) < 4.78 is 29.2. The topological polar surface area (TPSA) is 115 Å². The van der Waals surface area contributed by atoms with Crippen molar-refractivity contribution in [2.45, 2.75) is 33.2 Å². The Morgan fingerprint density at radius 2 is 1.76 bits per heavy atom. The van der Waals surface area contributed by atoms with E-state index in [0.717, 1.165) is 6.42 Å². The number of nitrogens with zero attached hydrogens (tertiary/aromatic N) is 2. The Morgan fingerprint density at radius 3 is 2.43 bits per heavy atom. The van der Waals surface area contributed by atoms with Crippen LogP contribution >= 0.6 is 11.3 Å². The zero-order valence-corrected chi connectivity index (χ0v) is 25.1. The van der Waals surface area contributed by atoms with Gasteiger partial charge in [-0.1, -0.05) is 42.5 Å². The minimum absolute atomic E-state index is 0.0440. The molecule has 0 unspecified atom stereocenters. The number of carbonyl (C=O) groups excluding carboxylic acids is 2. The zero-order valence-electron chi connectivity index (χ0n) is 24.3. The Hall–Kier alpha value is -4.22. The highest BCUT2D eigenvalue weighted by Crippen LogP contribution is 2.40. The Kier molecular flexibility index (Phi) is 10.3. The number of hydrogen-bond donors (Lipinski definition) is 0. The van der Waals surface area contributed by atoms with E-state index in [1.54, 1.807) is 56.3 Å². The summed E-state index contributed by atoms with van der Waals surface area (Å²) in [5.41, 5.74) is 2.02. The second-order valence-corrected chi connectivity index (χ2v) is 10.3. The van der Waals surface area contributed by atoms with Crippen molar-refractivity contribution in [2.75, 3.05) is 40.6 Å². The molecular weight excluding hydrogens is 560 g/mol. The number of fused-ring (bicyclic) bond motifs is 1. The van der Waals surface area contributed by atoms with Crippen molar-refractivity contribution in [1.82, 2.24) is 4.57 Å². The minimum Gasteiger partial charge on any atom is -0.493 e. The lowest BCUT2D eigenvalue weighted by molar-refractivity contribution is -0.140. The summed E-state index contributed by atoms with van der Waals surface area (Å²) in [6, 6.07) is 11.3. The molecule has 222 valence electrons. The number of thiazole rings is 1. The van der Waals surface area contributed by atoms with Crippen molar-refractivity contribution >= 4 is 29.4 Å². The van der Waals surface area contributed by atoms with Crippen molar-refractivity contribution < 1.29 is 33.3 Å². The highest BCUT2D eigenvalue weighted by molar-refractivity contribution is 7.07. The molecule has 0 fully saturated rings. The quantitative estimate of drug-likeness (QED) is 0.232. The van der Waals surface area contributed by atoms with Crippen molar-refractivity contribution in [3.63, 3.8) is 0 Å². The molecule has 0 bridgehead atoms. The average molecular weight is 595 g/mol. The minimum atomic E-state index is -0.883. The van der Waals surface area contributed by atoms with Crippen LogP contribution in [0.1, 0.15) is 54.7 Å². The number of esters is 2. The van der Waals surface area contributed by atoms with Crippen LogP contribution in [0.25, 0.3) is 6.08 Å². The summed E-state index contributed by atoms with van der Waals surface area (Å²) in [6.07, 6.45) is 2.47. The van der Waals surface area contributed by atoms with Gasteiger partial charge < -0.3 is 23.7 Å². The van der Waals surface area contributed by atoms with Gasteiger partial charge in [-0.15, -0.1) is 0 Å². The number of ether oxygens (including phenoxy) is 5. The summed E-state index contributed by atoms with van der Waals surface area (Å²) in [7, 11) is 3.06. The van der Waals surface area contributed by atoms with E-state index < -0.39 is 18.0 Å². The van der Waals surface area contributed by atoms with Gasteiger partial charge in [0.15, 0.2) is 16.3 Å². The lowest BCUT2D eigenvalue weighted by Crippen LogP contribution is -2.40. The van der Waals surface area contributed by atoms with Crippen LogP contribution in [-0.4, -0.2) is 57.2 Å². The predicted molar refractivity (Wildman–Crippen MR) is 158 cm³/mol. The van der Waals surface area contributed by atoms with Gasteiger partial charge in [0.25, 0.3) is 5.56 Å². The molecule has 1 aromatic heterocycles. The number of hydrogen-bond acceptors (Lipinski definition) is 10. The molecule has 42 heavy (non-hydrogen) atoms. The van der Waals surface area contributed by atoms with Gasteiger partial charge in [0.05, 0.1) is 48.3 Å². The summed E-state index contributed by atoms with van der Waals surface area (Å²) in [4.78, 5) is 44.6. The van der Waals surface area contributed by atoms with Gasteiger partial charge in [-0.2, -0.15) is 0 Å². The second-order valence-electron chi connectivity index (χ2n) is 9.28. The normalized spacial score (nSPS) is 14.7. The molecule has 0 aliphatic carbocycles. The number of allylic oxidation sites excluding steroid dienone is 1. The molecule has 10 nitrogen and oxygen atoms in total. The SMILES string of the molecule is CCCOc1c(OC)cccc1[C@@H]1C(C(=O)OCCOC)=C(C)N=c2s/c(=C/c3ccc(C(=O)OCC)cc3)c(=O)n21. The first-order chi connectivity index (χ1) is 20.3. The van der Waals surface area contributed by atoms with Crippen LogP contribution in [0.15, 0.2) is 63.5 Å². The summed E-state index contributed by atoms with van der Waals surface area (Å²) in [5, 5.41) is 0. The van der Waals surface area contributed by atoms with E-state index >= 15 is 0 Å². The molecule has 3 aromatic rings. The summed E-state index contributed by atoms with van der Waals surface area (Å²) in [5.74, 6) is -0.103. The molecule has 0 amide bonds. The predicted octanol–water partition coefficient (Wildman–Crippen LogP) is 3.40. The Labute approximate surface area is 247 Å². The van der Waals surface area contributed by atoms with E-state index in [9.17, 15) is 14.4 Å². The summed E-state index contributed by atoms with van der Waals surface area (Å²) >= 11 is 1.20. The first-order valence-corrected chi connectivity index (χ1v) is 14.4. The molecule has 1 aliphatic rings. The van der Waals surface area contributed by atoms with Crippen molar-refractivity contribution in [3.8, 4) is 11.5 Å². The highest BCUT2D eigenvalue weighted by Gasteiger charge is 2.36. The van der Waals surface area contributed by atoms with Gasteiger partial charge >= 0.3 is 11.9 Å². The number of methoxy groups -OCH3 is 2. The van der Waals surface area contributed by atoms with Gasteiger partial charge in [-0.05, 0) is 50.1 Å². The number of benzene rings is 2. The molecule has 11 heteroatoms. The Balaban J connectivity index is 1.89. The lowest BCUT2D eigenvalue weighted by atomic mass is 9.94. The smallest absolute Gasteiger partial charge is 0.338 e. The Bertz CT molecular complexity index is 1650. The third-order valence-corrected chi connectivity index (χ3v) is 7.44. The van der Waals surface area contributed by atoms with Gasteiger partial charge in [-0.25, -0.2) is 14.6 Å². The van der Waals surface area contributed by atoms with E-state index in [4.69, 9.17) is 23.7 Å². The van der Waals surface area contributed by atoms with Gasteiger partial charge in [0, 0.05) is 12.7 Å². The third-order valence-electron chi connectivity index (χ3n) is 6.46. The molecule has 4 rings (SSSR count). The maximum atomic E-state index is 14.0. The van der Waals surface area contributed by atoms with Gasteiger partial charge in [0.2, 0.25) is 0 Å². The highest BCUT2D eigenvalue weighted by atomic mass is 32.1. The molecule has 0 N–H and O–H groups in total. The first kappa shape index (κ1) is 30.7. The molecule has 0 saturated heterocycles. The van der Waals surface area contributed by atoms with Crippen LogP contribution in [0.3, 0.4) is 0 Å². The number of rotatable bonds is 12. The van der Waals surface area contributed by atoms with E-state index in [1.807, 2.05) is 13.0 Å². The fourth-order valence-corrected chi connectivity index (χ4v) is 5.57. The molecule has 1 aliphatic heterocycles. The molecule has 0 radical (unpaired) electrons. The third kappa shape index (κ3) is 6.47. The van der Waals surface area contributed by atoms with Crippen molar-refractivity contribution in [3.05, 3.63) is 90.1 Å². The number of para-hydroxylation sites is 1. The zero-order chi connectivity index (χ0) is 30.2. The van der Waals surface area contributed by atoms with E-state index in [1.165, 1.54) is 30.1 Å². The van der Waals surface area contributed by atoms with Crippen LogP contribution < -0.4 is 24.4 Å². The fourth-order valence-electron chi connectivity index (χ4n) is 4.52. The lowest BCUT2D eigenvalue weighted by Gasteiger charge is -2.27. The van der Waals surface area contributed by atoms with E-state index in [-0.39, 0.29) is 31.0 Å². The van der Waals surface area contributed by atoms with E-state index in [0.29, 0.717) is 49.8 Å². The maximum absolute atomic E-state index is 14.0. The largest absolute Gasteiger partial charge is 0.493 e. The molecule has 0 spiro atoms. The monoisotopic (exact) mass is 594 g/mol. The molecule has 0 saturated carbocycles. The molecule has 2 heterocycles. The van der Waals surface area contributed by atoms with E-state index in [2.05, 4.69) is 4.99 Å². The number of aromatic nitrogens is 1. The van der Waals surface area contributed by atoms with Crippen LogP contribution in [-0.2, 0) is 19.0 Å². The van der Waals surface area contributed by atoms with Crippen LogP contribution in [0, 0.1) is 0 Å². The first-order valence-electron chi connectivity index (χ1n) is 13.6. The standard InChI is InChI=1S/C31H34N2O8S/c1-6-15-40-27-22(9-8-10-23(27)38-5)26-25(30(36)41-17-16-37-4)19(3)32-31-33(26)28(34)24(42-31)18-20-11-13-21(14-12-20)29(35)39-7-2/h8-14,18,26H,6-7,15-17H2,1-5H3/b24-18+/t26-/m1/s1.